The van der Waals surface area contributed by atoms with E-state index in [1.54, 1.807) is 0 Å². The third-order valence-electron chi connectivity index (χ3n) is 2.17. The van der Waals surface area contributed by atoms with Crippen molar-refractivity contribution < 1.29 is 18.3 Å². The van der Waals surface area contributed by atoms with Gasteiger partial charge in [-0.1, -0.05) is 15.9 Å². The molecule has 0 radical (unpaired) electrons. The summed E-state index contributed by atoms with van der Waals surface area (Å²) in [6.45, 7) is 2.89. The minimum Gasteiger partial charge on any atom is -0.382 e. The summed E-state index contributed by atoms with van der Waals surface area (Å²) in [5.74, 6) is -2.05. The maximum atomic E-state index is 13.4. The van der Waals surface area contributed by atoms with Crippen LogP contribution < -0.4 is 5.32 Å². The Bertz CT molecular complexity index is 404. The molecule has 100 valence electrons. The average Bonchev–Trinajstić information content (AvgIpc) is 2.29. The number of amides is 1. The van der Waals surface area contributed by atoms with Gasteiger partial charge in [-0.25, -0.2) is 8.78 Å². The van der Waals surface area contributed by atoms with Crippen LogP contribution in [0.2, 0.25) is 0 Å². The van der Waals surface area contributed by atoms with Gasteiger partial charge in [0.2, 0.25) is 5.91 Å². The number of carbonyl (C=O) groups is 1. The Hall–Kier alpha value is -1.01. The molecule has 0 aliphatic heterocycles. The Kier molecular flexibility index (Phi) is 6.21. The number of rotatable bonds is 6. The van der Waals surface area contributed by atoms with E-state index in [1.807, 2.05) is 6.92 Å². The first-order valence-electron chi connectivity index (χ1n) is 5.56. The topological polar surface area (TPSA) is 38.3 Å². The van der Waals surface area contributed by atoms with Crippen molar-refractivity contribution in [1.82, 2.24) is 0 Å². The van der Waals surface area contributed by atoms with Crippen molar-refractivity contribution >= 4 is 27.5 Å². The molecule has 0 saturated heterocycles. The first-order chi connectivity index (χ1) is 8.54. The number of anilines is 1. The van der Waals surface area contributed by atoms with Crippen molar-refractivity contribution in [2.24, 2.45) is 0 Å². The van der Waals surface area contributed by atoms with Crippen LogP contribution in [-0.4, -0.2) is 19.1 Å². The molecular weight excluding hydrogens is 308 g/mol. The van der Waals surface area contributed by atoms with Crippen LogP contribution in [0.5, 0.6) is 0 Å². The fourth-order valence-corrected chi connectivity index (χ4v) is 1.74. The summed E-state index contributed by atoms with van der Waals surface area (Å²) in [6, 6.07) is 2.19. The molecule has 0 atom stereocenters. The van der Waals surface area contributed by atoms with Gasteiger partial charge in [-0.15, -0.1) is 0 Å². The summed E-state index contributed by atoms with van der Waals surface area (Å²) >= 11 is 2.96. The molecule has 0 heterocycles. The highest BCUT2D eigenvalue weighted by Gasteiger charge is 2.13. The predicted octanol–water partition coefficient (Wildman–Crippen LogP) is 3.48. The quantitative estimate of drug-likeness (QED) is 0.814. The highest BCUT2D eigenvalue weighted by atomic mass is 79.9. The third kappa shape index (κ3) is 4.70. The van der Waals surface area contributed by atoms with Crippen LogP contribution in [0, 0.1) is 11.6 Å². The van der Waals surface area contributed by atoms with Gasteiger partial charge in [-0.2, -0.15) is 0 Å². The second-order valence-electron chi connectivity index (χ2n) is 3.59. The van der Waals surface area contributed by atoms with E-state index in [0.29, 0.717) is 19.6 Å². The Labute approximate surface area is 113 Å². The molecule has 3 nitrogen and oxygen atoms in total. The van der Waals surface area contributed by atoms with Gasteiger partial charge in [-0.05, 0) is 25.5 Å². The van der Waals surface area contributed by atoms with E-state index in [9.17, 15) is 13.6 Å². The highest BCUT2D eigenvalue weighted by molar-refractivity contribution is 9.10. The average molecular weight is 322 g/mol. The van der Waals surface area contributed by atoms with Crippen molar-refractivity contribution in [3.05, 3.63) is 28.2 Å². The molecule has 0 aliphatic rings. The lowest BCUT2D eigenvalue weighted by Gasteiger charge is -2.08. The van der Waals surface area contributed by atoms with Gasteiger partial charge in [0.05, 0.1) is 0 Å². The Morgan fingerprint density at radius 2 is 2.00 bits per heavy atom. The van der Waals surface area contributed by atoms with E-state index in [-0.39, 0.29) is 10.9 Å². The van der Waals surface area contributed by atoms with Crippen LogP contribution in [0.4, 0.5) is 14.5 Å². The molecule has 0 aromatic heterocycles. The number of benzene rings is 1. The zero-order valence-corrected chi connectivity index (χ0v) is 11.5. The lowest BCUT2D eigenvalue weighted by Crippen LogP contribution is -2.14. The van der Waals surface area contributed by atoms with E-state index in [1.165, 1.54) is 0 Å². The highest BCUT2D eigenvalue weighted by Crippen LogP contribution is 2.23. The third-order valence-corrected chi connectivity index (χ3v) is 2.63. The number of nitrogens with one attached hydrogen (secondary N) is 1. The molecule has 0 spiro atoms. The van der Waals surface area contributed by atoms with Gasteiger partial charge in [0, 0.05) is 24.1 Å². The molecule has 0 saturated carbocycles. The fourth-order valence-electron chi connectivity index (χ4n) is 1.34. The smallest absolute Gasteiger partial charge is 0.224 e. The minimum absolute atomic E-state index is 0.162. The van der Waals surface area contributed by atoms with Crippen LogP contribution in [0.3, 0.4) is 0 Å². The zero-order chi connectivity index (χ0) is 13.5. The Morgan fingerprint density at radius 1 is 1.39 bits per heavy atom. The predicted molar refractivity (Wildman–Crippen MR) is 68.4 cm³/mol. The lowest BCUT2D eigenvalue weighted by molar-refractivity contribution is -0.116. The fraction of sp³-hybridized carbons (Fsp3) is 0.417. The van der Waals surface area contributed by atoms with Gasteiger partial charge >= 0.3 is 0 Å². The van der Waals surface area contributed by atoms with Crippen LogP contribution >= 0.6 is 15.9 Å². The van der Waals surface area contributed by atoms with Crippen molar-refractivity contribution in [2.45, 2.75) is 19.8 Å². The molecule has 0 bridgehead atoms. The Balaban J connectivity index is 2.54. The van der Waals surface area contributed by atoms with E-state index in [4.69, 9.17) is 4.74 Å². The molecule has 0 fully saturated rings. The molecule has 1 aromatic carbocycles. The number of carbonyl (C=O) groups excluding carboxylic acids is 1. The second kappa shape index (κ2) is 7.43. The van der Waals surface area contributed by atoms with E-state index in [0.717, 1.165) is 12.1 Å². The molecule has 0 aliphatic carbocycles. The van der Waals surface area contributed by atoms with Crippen molar-refractivity contribution in [3.8, 4) is 0 Å². The molecular formula is C12H14BrF2NO2. The first kappa shape index (κ1) is 15.0. The van der Waals surface area contributed by atoms with Gasteiger partial charge in [0.15, 0.2) is 11.6 Å². The van der Waals surface area contributed by atoms with Crippen LogP contribution in [0.1, 0.15) is 19.8 Å². The molecule has 6 heteroatoms. The van der Waals surface area contributed by atoms with Crippen LogP contribution in [-0.2, 0) is 9.53 Å². The molecule has 18 heavy (non-hydrogen) atoms. The summed E-state index contributed by atoms with van der Waals surface area (Å²) < 4.78 is 32.2. The monoisotopic (exact) mass is 321 g/mol. The molecule has 1 rings (SSSR count). The van der Waals surface area contributed by atoms with Crippen LogP contribution in [0.25, 0.3) is 0 Å². The molecule has 1 N–H and O–H groups in total. The minimum atomic E-state index is -0.806. The lowest BCUT2D eigenvalue weighted by atomic mass is 10.2. The van der Waals surface area contributed by atoms with E-state index < -0.39 is 23.2 Å². The standard InChI is InChI=1S/C12H14BrF2NO2/c1-2-18-5-3-4-11(17)16-12-9(14)6-8(13)7-10(12)15/h6-7H,2-5H2,1H3,(H,16,17). The van der Waals surface area contributed by atoms with Crippen molar-refractivity contribution in [2.75, 3.05) is 18.5 Å². The second-order valence-corrected chi connectivity index (χ2v) is 4.51. The summed E-state index contributed by atoms with van der Waals surface area (Å²) in [5, 5.41) is 2.22. The maximum Gasteiger partial charge on any atom is 0.224 e. The zero-order valence-electron chi connectivity index (χ0n) is 9.93. The largest absolute Gasteiger partial charge is 0.382 e. The maximum absolute atomic E-state index is 13.4. The SMILES string of the molecule is CCOCCCC(=O)Nc1c(F)cc(Br)cc1F. The van der Waals surface area contributed by atoms with Crippen molar-refractivity contribution in [3.63, 3.8) is 0 Å². The van der Waals surface area contributed by atoms with Gasteiger partial charge in [0.25, 0.3) is 0 Å². The van der Waals surface area contributed by atoms with E-state index in [2.05, 4.69) is 21.2 Å². The number of hydrogen-bond acceptors (Lipinski definition) is 2. The normalized spacial score (nSPS) is 10.4. The van der Waals surface area contributed by atoms with Crippen molar-refractivity contribution in [1.29, 1.82) is 0 Å². The molecule has 1 aromatic rings. The molecule has 0 unspecified atom stereocenters. The summed E-state index contributed by atoms with van der Waals surface area (Å²) in [6.07, 6.45) is 0.675. The van der Waals surface area contributed by atoms with Gasteiger partial charge in [-0.3, -0.25) is 4.79 Å². The summed E-state index contributed by atoms with van der Waals surface area (Å²) in [7, 11) is 0. The number of halogens is 3. The first-order valence-corrected chi connectivity index (χ1v) is 6.36. The molecule has 1 amide bonds. The van der Waals surface area contributed by atoms with Gasteiger partial charge in [0.1, 0.15) is 5.69 Å². The van der Waals surface area contributed by atoms with E-state index >= 15 is 0 Å². The Morgan fingerprint density at radius 3 is 2.56 bits per heavy atom. The number of hydrogen-bond donors (Lipinski definition) is 1. The summed E-state index contributed by atoms with van der Waals surface area (Å²) in [4.78, 5) is 11.5. The van der Waals surface area contributed by atoms with Gasteiger partial charge < -0.3 is 10.1 Å². The summed E-state index contributed by atoms with van der Waals surface area (Å²) in [5.41, 5.74) is -0.417. The van der Waals surface area contributed by atoms with Crippen LogP contribution in [0.15, 0.2) is 16.6 Å². The number of ether oxygens (including phenoxy) is 1.